The number of nitrogens with zero attached hydrogens (tertiary/aromatic N) is 3. The molecule has 0 spiro atoms. The maximum Gasteiger partial charge on any atom is 0.134 e. The van der Waals surface area contributed by atoms with Crippen LogP contribution in [0.2, 0.25) is 5.02 Å². The molecule has 2 aromatic rings. The molecule has 1 aromatic heterocycles. The van der Waals surface area contributed by atoms with Gasteiger partial charge in [0.15, 0.2) is 0 Å². The molecule has 0 radical (unpaired) electrons. The number of aliphatic hydroxyl groups excluding tert-OH is 1. The number of piperazine rings is 1. The summed E-state index contributed by atoms with van der Waals surface area (Å²) in [4.78, 5) is 7.11. The maximum atomic E-state index is 10.7. The SMILES string of the molecule is CN1CCN([C@@H]2CCN(Cc3ccc(-c4ccc(Cl)cc4)o3)C[C@H]2O)CC1. The lowest BCUT2D eigenvalue weighted by Gasteiger charge is -2.44. The summed E-state index contributed by atoms with van der Waals surface area (Å²) < 4.78 is 6.02. The second-order valence-corrected chi connectivity index (χ2v) is 8.21. The normalized spacial score (nSPS) is 25.7. The Bertz CT molecular complexity index is 740. The zero-order chi connectivity index (χ0) is 18.8. The molecule has 0 saturated carbocycles. The van der Waals surface area contributed by atoms with E-state index in [0.717, 1.165) is 67.8 Å². The molecule has 0 unspecified atom stereocenters. The number of hydrogen-bond acceptors (Lipinski definition) is 5. The van der Waals surface area contributed by atoms with Gasteiger partial charge in [0, 0.05) is 55.9 Å². The second kappa shape index (κ2) is 8.33. The molecule has 0 amide bonds. The van der Waals surface area contributed by atoms with E-state index in [1.807, 2.05) is 36.4 Å². The van der Waals surface area contributed by atoms with Crippen LogP contribution < -0.4 is 0 Å². The Kier molecular flexibility index (Phi) is 5.85. The predicted molar refractivity (Wildman–Crippen MR) is 108 cm³/mol. The Morgan fingerprint density at radius 1 is 1.04 bits per heavy atom. The van der Waals surface area contributed by atoms with Gasteiger partial charge in [0.1, 0.15) is 11.5 Å². The molecule has 2 aliphatic heterocycles. The molecule has 27 heavy (non-hydrogen) atoms. The largest absolute Gasteiger partial charge is 0.460 e. The number of likely N-dealkylation sites (N-methyl/N-ethyl adjacent to an activating group) is 1. The van der Waals surface area contributed by atoms with Crippen LogP contribution in [0.25, 0.3) is 11.3 Å². The molecule has 2 saturated heterocycles. The zero-order valence-electron chi connectivity index (χ0n) is 15.9. The molecule has 2 aliphatic rings. The molecular formula is C21H28ClN3O2. The van der Waals surface area contributed by atoms with Crippen molar-refractivity contribution in [2.45, 2.75) is 25.1 Å². The average molecular weight is 390 g/mol. The Labute approximate surface area is 166 Å². The van der Waals surface area contributed by atoms with Crippen molar-refractivity contribution in [1.82, 2.24) is 14.7 Å². The highest BCUT2D eigenvalue weighted by Crippen LogP contribution is 2.26. The molecule has 1 aromatic carbocycles. The van der Waals surface area contributed by atoms with Gasteiger partial charge in [-0.05, 0) is 49.9 Å². The van der Waals surface area contributed by atoms with Gasteiger partial charge >= 0.3 is 0 Å². The highest BCUT2D eigenvalue weighted by Gasteiger charge is 2.33. The first kappa shape index (κ1) is 19.0. The number of halogens is 1. The lowest BCUT2D eigenvalue weighted by molar-refractivity contribution is -0.0298. The van der Waals surface area contributed by atoms with Crippen LogP contribution in [0.5, 0.6) is 0 Å². The third-order valence-electron chi connectivity index (χ3n) is 5.81. The summed E-state index contributed by atoms with van der Waals surface area (Å²) >= 11 is 5.96. The topological polar surface area (TPSA) is 43.1 Å². The van der Waals surface area contributed by atoms with E-state index in [2.05, 4.69) is 21.7 Å². The summed E-state index contributed by atoms with van der Waals surface area (Å²) in [6.45, 7) is 6.72. The van der Waals surface area contributed by atoms with Crippen LogP contribution in [0.15, 0.2) is 40.8 Å². The van der Waals surface area contributed by atoms with E-state index < -0.39 is 0 Å². The van der Waals surface area contributed by atoms with Crippen molar-refractivity contribution in [2.75, 3.05) is 46.3 Å². The van der Waals surface area contributed by atoms with Crippen LogP contribution in [-0.2, 0) is 6.54 Å². The first-order valence-corrected chi connectivity index (χ1v) is 10.1. The monoisotopic (exact) mass is 389 g/mol. The maximum absolute atomic E-state index is 10.7. The minimum Gasteiger partial charge on any atom is -0.460 e. The number of piperidine rings is 1. The van der Waals surface area contributed by atoms with E-state index in [-0.39, 0.29) is 12.1 Å². The second-order valence-electron chi connectivity index (χ2n) is 7.77. The summed E-state index contributed by atoms with van der Waals surface area (Å²) in [5, 5.41) is 11.4. The van der Waals surface area contributed by atoms with Crippen LogP contribution >= 0.6 is 11.6 Å². The van der Waals surface area contributed by atoms with Crippen molar-refractivity contribution in [1.29, 1.82) is 0 Å². The summed E-state index contributed by atoms with van der Waals surface area (Å²) in [7, 11) is 2.16. The lowest BCUT2D eigenvalue weighted by atomic mass is 9.99. The number of likely N-dealkylation sites (tertiary alicyclic amines) is 1. The smallest absolute Gasteiger partial charge is 0.134 e. The molecule has 1 N–H and O–H groups in total. The van der Waals surface area contributed by atoms with E-state index >= 15 is 0 Å². The first-order chi connectivity index (χ1) is 13.1. The van der Waals surface area contributed by atoms with Crippen LogP contribution in [-0.4, -0.2) is 78.3 Å². The number of furan rings is 1. The number of aliphatic hydroxyl groups is 1. The molecule has 2 atom stereocenters. The van der Waals surface area contributed by atoms with Crippen LogP contribution in [0, 0.1) is 0 Å². The van der Waals surface area contributed by atoms with Crippen molar-refractivity contribution >= 4 is 11.6 Å². The summed E-state index contributed by atoms with van der Waals surface area (Å²) in [5.41, 5.74) is 1.03. The van der Waals surface area contributed by atoms with Gasteiger partial charge in [0.05, 0.1) is 12.6 Å². The predicted octanol–water partition coefficient (Wildman–Crippen LogP) is 2.78. The Balaban J connectivity index is 1.33. The zero-order valence-corrected chi connectivity index (χ0v) is 16.6. The Morgan fingerprint density at radius 3 is 2.48 bits per heavy atom. The lowest BCUT2D eigenvalue weighted by Crippen LogP contribution is -2.58. The highest BCUT2D eigenvalue weighted by atomic mass is 35.5. The van der Waals surface area contributed by atoms with Gasteiger partial charge in [0.2, 0.25) is 0 Å². The van der Waals surface area contributed by atoms with Gasteiger partial charge in [-0.2, -0.15) is 0 Å². The van der Waals surface area contributed by atoms with E-state index in [4.69, 9.17) is 16.0 Å². The van der Waals surface area contributed by atoms with Gasteiger partial charge < -0.3 is 14.4 Å². The fourth-order valence-corrected chi connectivity index (χ4v) is 4.29. The molecule has 6 heteroatoms. The third kappa shape index (κ3) is 4.55. The summed E-state index contributed by atoms with van der Waals surface area (Å²) in [5.74, 6) is 1.79. The van der Waals surface area contributed by atoms with Gasteiger partial charge in [-0.1, -0.05) is 11.6 Å². The third-order valence-corrected chi connectivity index (χ3v) is 6.06. The van der Waals surface area contributed by atoms with E-state index in [1.54, 1.807) is 0 Å². The molecule has 0 aliphatic carbocycles. The van der Waals surface area contributed by atoms with Crippen LogP contribution in [0.3, 0.4) is 0 Å². The van der Waals surface area contributed by atoms with Gasteiger partial charge in [0.25, 0.3) is 0 Å². The molecule has 146 valence electrons. The Morgan fingerprint density at radius 2 is 1.78 bits per heavy atom. The van der Waals surface area contributed by atoms with Gasteiger partial charge in [-0.15, -0.1) is 0 Å². The Hall–Kier alpha value is -1.37. The highest BCUT2D eigenvalue weighted by molar-refractivity contribution is 6.30. The molecule has 5 nitrogen and oxygen atoms in total. The summed E-state index contributed by atoms with van der Waals surface area (Å²) in [6, 6.07) is 12.0. The molecule has 4 rings (SSSR count). The van der Waals surface area contributed by atoms with Crippen molar-refractivity contribution in [3.05, 3.63) is 47.2 Å². The molecular weight excluding hydrogens is 362 g/mol. The van der Waals surface area contributed by atoms with E-state index in [0.29, 0.717) is 6.54 Å². The van der Waals surface area contributed by atoms with Crippen molar-refractivity contribution in [3.63, 3.8) is 0 Å². The quantitative estimate of drug-likeness (QED) is 0.871. The van der Waals surface area contributed by atoms with E-state index in [9.17, 15) is 5.11 Å². The number of hydrogen-bond donors (Lipinski definition) is 1. The number of rotatable bonds is 4. The van der Waals surface area contributed by atoms with Crippen LogP contribution in [0.1, 0.15) is 12.2 Å². The average Bonchev–Trinajstić information content (AvgIpc) is 3.12. The first-order valence-electron chi connectivity index (χ1n) is 9.76. The fraction of sp³-hybridized carbons (Fsp3) is 0.524. The van der Waals surface area contributed by atoms with Crippen molar-refractivity contribution in [2.24, 2.45) is 0 Å². The van der Waals surface area contributed by atoms with E-state index in [1.165, 1.54) is 0 Å². The fourth-order valence-electron chi connectivity index (χ4n) is 4.16. The minimum atomic E-state index is -0.298. The van der Waals surface area contributed by atoms with Gasteiger partial charge in [-0.3, -0.25) is 9.80 Å². The molecule has 2 fully saturated rings. The molecule has 3 heterocycles. The van der Waals surface area contributed by atoms with Crippen LogP contribution in [0.4, 0.5) is 0 Å². The standard InChI is InChI=1S/C21H28ClN3O2/c1-23-10-12-25(13-11-23)19-8-9-24(15-20(19)26)14-18-6-7-21(27-18)16-2-4-17(22)5-3-16/h2-7,19-20,26H,8-15H2,1H3/t19-,20-/m1/s1. The number of β-amino-alcohol motifs (C(OH)–C–C–N with tert-alkyl or cyclic N) is 1. The van der Waals surface area contributed by atoms with Gasteiger partial charge in [-0.25, -0.2) is 0 Å². The minimum absolute atomic E-state index is 0.288. The van der Waals surface area contributed by atoms with Crippen molar-refractivity contribution < 1.29 is 9.52 Å². The number of benzene rings is 1. The summed E-state index contributed by atoms with van der Waals surface area (Å²) in [6.07, 6.45) is 0.711. The van der Waals surface area contributed by atoms with Crippen molar-refractivity contribution in [3.8, 4) is 11.3 Å². The molecule has 0 bridgehead atoms.